The van der Waals surface area contributed by atoms with Crippen LogP contribution in [0.3, 0.4) is 0 Å². The highest BCUT2D eigenvalue weighted by Gasteiger charge is 2.03. The van der Waals surface area contributed by atoms with Gasteiger partial charge in [-0.2, -0.15) is 0 Å². The smallest absolute Gasteiger partial charge is 0.312 e. The number of thiophene rings is 1. The zero-order valence-electron chi connectivity index (χ0n) is 8.66. The molecule has 0 aliphatic heterocycles. The maximum Gasteiger partial charge on any atom is 0.312 e. The minimum absolute atomic E-state index is 0.419. The molecule has 0 spiro atoms. The minimum Gasteiger partial charge on any atom is -0.366 e. The van der Waals surface area contributed by atoms with Crippen molar-refractivity contribution in [2.24, 2.45) is 11.5 Å². The Labute approximate surface area is 97.0 Å². The summed E-state index contributed by atoms with van der Waals surface area (Å²) in [6.45, 7) is 1.73. The number of primary amides is 2. The van der Waals surface area contributed by atoms with Crippen LogP contribution in [-0.2, 0) is 6.54 Å². The van der Waals surface area contributed by atoms with E-state index in [1.807, 2.05) is 0 Å². The lowest BCUT2D eigenvalue weighted by Crippen LogP contribution is -2.35. The summed E-state index contributed by atoms with van der Waals surface area (Å²) in [5.41, 5.74) is 10.5. The second-order valence-corrected chi connectivity index (χ2v) is 4.13. The molecule has 0 bridgehead atoms. The van der Waals surface area contributed by atoms with E-state index < -0.39 is 11.9 Å². The van der Waals surface area contributed by atoms with E-state index in [-0.39, 0.29) is 0 Å². The maximum absolute atomic E-state index is 10.8. The van der Waals surface area contributed by atoms with Gasteiger partial charge in [0.15, 0.2) is 0 Å². The van der Waals surface area contributed by atoms with Crippen LogP contribution in [0.1, 0.15) is 15.2 Å². The molecule has 0 radical (unpaired) electrons. The van der Waals surface area contributed by atoms with Crippen LogP contribution >= 0.6 is 11.3 Å². The molecule has 1 rings (SSSR count). The van der Waals surface area contributed by atoms with Crippen molar-refractivity contribution in [1.82, 2.24) is 10.6 Å². The highest BCUT2D eigenvalue weighted by Crippen LogP contribution is 2.13. The Balaban J connectivity index is 2.21. The molecule has 1 aromatic heterocycles. The van der Waals surface area contributed by atoms with Gasteiger partial charge in [0.1, 0.15) is 0 Å². The fourth-order valence-corrected chi connectivity index (χ4v) is 1.93. The predicted octanol–water partition coefficient (Wildman–Crippen LogP) is -0.395. The van der Waals surface area contributed by atoms with Crippen LogP contribution in [0, 0.1) is 0 Å². The Hall–Kier alpha value is -1.60. The molecular weight excluding hydrogens is 228 g/mol. The minimum atomic E-state index is -0.533. The molecule has 0 aliphatic carbocycles. The van der Waals surface area contributed by atoms with Crippen LogP contribution in [-0.4, -0.2) is 25.0 Å². The van der Waals surface area contributed by atoms with E-state index in [4.69, 9.17) is 11.5 Å². The van der Waals surface area contributed by atoms with Gasteiger partial charge in [0.25, 0.3) is 0 Å². The average molecular weight is 242 g/mol. The van der Waals surface area contributed by atoms with E-state index in [1.54, 1.807) is 11.4 Å². The third kappa shape index (κ3) is 4.28. The number of nitrogens with two attached hydrogens (primary N) is 2. The number of hydrogen-bond acceptors (Lipinski definition) is 4. The molecule has 0 aliphatic rings. The van der Waals surface area contributed by atoms with Crippen molar-refractivity contribution < 1.29 is 9.59 Å². The molecule has 0 fully saturated rings. The Morgan fingerprint density at radius 2 is 2.06 bits per heavy atom. The van der Waals surface area contributed by atoms with Gasteiger partial charge in [-0.1, -0.05) is 0 Å². The first kappa shape index (κ1) is 12.5. The van der Waals surface area contributed by atoms with Crippen molar-refractivity contribution in [2.75, 3.05) is 13.1 Å². The second kappa shape index (κ2) is 6.09. The van der Waals surface area contributed by atoms with Gasteiger partial charge in [-0.3, -0.25) is 4.79 Å². The number of carbonyl (C=O) groups excluding carboxylic acids is 2. The third-order valence-corrected chi connectivity index (χ3v) is 2.78. The summed E-state index contributed by atoms with van der Waals surface area (Å²) in [6, 6.07) is 1.22. The SMILES string of the molecule is NC(=O)NCCNCc1cc(C(N)=O)cs1. The van der Waals surface area contributed by atoms with E-state index in [2.05, 4.69) is 10.6 Å². The molecule has 88 valence electrons. The molecule has 7 heteroatoms. The number of hydrogen-bond donors (Lipinski definition) is 4. The van der Waals surface area contributed by atoms with Crippen LogP contribution in [0.25, 0.3) is 0 Å². The first-order valence-corrected chi connectivity index (χ1v) is 5.59. The largest absolute Gasteiger partial charge is 0.366 e. The lowest BCUT2D eigenvalue weighted by atomic mass is 10.3. The summed E-state index contributed by atoms with van der Waals surface area (Å²) in [4.78, 5) is 22.2. The van der Waals surface area contributed by atoms with Gasteiger partial charge in [0.2, 0.25) is 5.91 Å². The third-order valence-electron chi connectivity index (χ3n) is 1.84. The zero-order chi connectivity index (χ0) is 12.0. The van der Waals surface area contributed by atoms with E-state index in [9.17, 15) is 9.59 Å². The number of amides is 3. The monoisotopic (exact) mass is 242 g/mol. The van der Waals surface area contributed by atoms with E-state index in [0.29, 0.717) is 25.2 Å². The van der Waals surface area contributed by atoms with Crippen molar-refractivity contribution in [3.05, 3.63) is 21.9 Å². The summed E-state index contributed by atoms with van der Waals surface area (Å²) in [6.07, 6.45) is 0. The van der Waals surface area contributed by atoms with E-state index in [0.717, 1.165) is 4.88 Å². The quantitative estimate of drug-likeness (QED) is 0.509. The van der Waals surface area contributed by atoms with Gasteiger partial charge in [0, 0.05) is 29.9 Å². The van der Waals surface area contributed by atoms with Crippen molar-refractivity contribution in [3.8, 4) is 0 Å². The molecule has 0 unspecified atom stereocenters. The molecule has 0 atom stereocenters. The molecule has 3 amide bonds. The number of nitrogens with one attached hydrogen (secondary N) is 2. The summed E-state index contributed by atoms with van der Waals surface area (Å²) < 4.78 is 0. The number of carbonyl (C=O) groups is 2. The van der Waals surface area contributed by atoms with Gasteiger partial charge in [-0.25, -0.2) is 4.79 Å². The van der Waals surface area contributed by atoms with E-state index in [1.165, 1.54) is 11.3 Å². The molecular formula is C9H14N4O2S. The van der Waals surface area contributed by atoms with Crippen molar-refractivity contribution in [1.29, 1.82) is 0 Å². The van der Waals surface area contributed by atoms with Gasteiger partial charge < -0.3 is 22.1 Å². The van der Waals surface area contributed by atoms with Crippen molar-refractivity contribution in [2.45, 2.75) is 6.54 Å². The zero-order valence-corrected chi connectivity index (χ0v) is 9.47. The van der Waals surface area contributed by atoms with Crippen LogP contribution in [0.5, 0.6) is 0 Å². The molecule has 6 N–H and O–H groups in total. The molecule has 1 aromatic rings. The van der Waals surface area contributed by atoms with Crippen LogP contribution < -0.4 is 22.1 Å². The first-order chi connectivity index (χ1) is 7.59. The topological polar surface area (TPSA) is 110 Å². The summed E-state index contributed by atoms with van der Waals surface area (Å²) >= 11 is 1.47. The normalized spacial score (nSPS) is 10.0. The molecule has 16 heavy (non-hydrogen) atoms. The summed E-state index contributed by atoms with van der Waals surface area (Å²) in [5, 5.41) is 7.28. The van der Waals surface area contributed by atoms with Crippen molar-refractivity contribution >= 4 is 23.3 Å². The highest BCUT2D eigenvalue weighted by atomic mass is 32.1. The second-order valence-electron chi connectivity index (χ2n) is 3.13. The fourth-order valence-electron chi connectivity index (χ4n) is 1.09. The van der Waals surface area contributed by atoms with Gasteiger partial charge in [-0.15, -0.1) is 11.3 Å². The van der Waals surface area contributed by atoms with Gasteiger partial charge in [0.05, 0.1) is 5.56 Å². The highest BCUT2D eigenvalue weighted by molar-refractivity contribution is 7.10. The number of urea groups is 1. The van der Waals surface area contributed by atoms with Crippen LogP contribution in [0.2, 0.25) is 0 Å². The molecule has 0 saturated heterocycles. The van der Waals surface area contributed by atoms with Crippen LogP contribution in [0.4, 0.5) is 4.79 Å². The lowest BCUT2D eigenvalue weighted by molar-refractivity contribution is 0.100. The first-order valence-electron chi connectivity index (χ1n) is 4.71. The Bertz CT molecular complexity index is 377. The summed E-state index contributed by atoms with van der Waals surface area (Å²) in [7, 11) is 0. The Morgan fingerprint density at radius 3 is 2.62 bits per heavy atom. The predicted molar refractivity (Wildman–Crippen MR) is 62.1 cm³/mol. The maximum atomic E-state index is 10.8. The van der Waals surface area contributed by atoms with Crippen molar-refractivity contribution in [3.63, 3.8) is 0 Å². The summed E-state index contributed by atoms with van der Waals surface area (Å²) in [5.74, 6) is -0.419. The molecule has 0 aromatic carbocycles. The number of rotatable bonds is 6. The average Bonchev–Trinajstić information content (AvgIpc) is 2.65. The van der Waals surface area contributed by atoms with Crippen LogP contribution in [0.15, 0.2) is 11.4 Å². The Kier molecular flexibility index (Phi) is 4.74. The fraction of sp³-hybridized carbons (Fsp3) is 0.333. The standard InChI is InChI=1S/C9H14N4O2S/c10-8(14)6-3-7(16-5-6)4-12-1-2-13-9(11)15/h3,5,12H,1-2,4H2,(H2,10,14)(H3,11,13,15). The Morgan fingerprint density at radius 1 is 1.31 bits per heavy atom. The molecule has 0 saturated carbocycles. The van der Waals surface area contributed by atoms with E-state index >= 15 is 0 Å². The molecule has 6 nitrogen and oxygen atoms in total. The molecule has 1 heterocycles. The van der Waals surface area contributed by atoms with Gasteiger partial charge in [-0.05, 0) is 6.07 Å². The van der Waals surface area contributed by atoms with Gasteiger partial charge >= 0.3 is 6.03 Å². The lowest BCUT2D eigenvalue weighted by Gasteiger charge is -2.02.